The standard InChI is InChI=1S/C18H29N3O3/c1-10(2)6-15-17(23)21(18(24)20-15)9-16(22)19-11(3)14-8-12-4-5-13(14)7-12/h10-15H,4-9H2,1-3H3,(H,19,22)(H,20,24). The van der Waals surface area contributed by atoms with Crippen molar-refractivity contribution >= 4 is 17.8 Å². The van der Waals surface area contributed by atoms with Gasteiger partial charge in [0.2, 0.25) is 5.91 Å². The third-order valence-corrected chi connectivity index (χ3v) is 5.94. The molecule has 24 heavy (non-hydrogen) atoms. The fraction of sp³-hybridized carbons (Fsp3) is 0.833. The van der Waals surface area contributed by atoms with Crippen LogP contribution >= 0.6 is 0 Å². The number of fused-ring (bicyclic) bond motifs is 2. The van der Waals surface area contributed by atoms with Crippen molar-refractivity contribution in [3.63, 3.8) is 0 Å². The molecular weight excluding hydrogens is 306 g/mol. The average Bonchev–Trinajstić information content (AvgIpc) is 3.18. The zero-order valence-electron chi connectivity index (χ0n) is 14.9. The van der Waals surface area contributed by atoms with Crippen LogP contribution in [0.2, 0.25) is 0 Å². The van der Waals surface area contributed by atoms with Gasteiger partial charge in [-0.2, -0.15) is 0 Å². The molecule has 5 unspecified atom stereocenters. The molecule has 2 aliphatic carbocycles. The van der Waals surface area contributed by atoms with Crippen LogP contribution in [0.4, 0.5) is 4.79 Å². The van der Waals surface area contributed by atoms with Gasteiger partial charge < -0.3 is 10.6 Å². The number of rotatable bonds is 6. The molecule has 6 nitrogen and oxygen atoms in total. The van der Waals surface area contributed by atoms with E-state index in [1.54, 1.807) is 0 Å². The predicted molar refractivity (Wildman–Crippen MR) is 90.0 cm³/mol. The summed E-state index contributed by atoms with van der Waals surface area (Å²) >= 11 is 0. The lowest BCUT2D eigenvalue weighted by atomic mass is 9.84. The maximum Gasteiger partial charge on any atom is 0.325 e. The zero-order chi connectivity index (χ0) is 17.4. The normalized spacial score (nSPS) is 33.2. The van der Waals surface area contributed by atoms with Gasteiger partial charge in [0.05, 0.1) is 0 Å². The first-order valence-electron chi connectivity index (χ1n) is 9.26. The van der Waals surface area contributed by atoms with E-state index in [-0.39, 0.29) is 24.4 Å². The molecule has 2 saturated carbocycles. The number of hydrogen-bond donors (Lipinski definition) is 2. The van der Waals surface area contributed by atoms with E-state index in [1.165, 1.54) is 25.7 Å². The summed E-state index contributed by atoms with van der Waals surface area (Å²) in [4.78, 5) is 37.6. The first kappa shape index (κ1) is 17.2. The highest BCUT2D eigenvalue weighted by Gasteiger charge is 2.43. The van der Waals surface area contributed by atoms with Gasteiger partial charge in [0, 0.05) is 6.04 Å². The molecule has 6 heteroatoms. The number of carbonyl (C=O) groups excluding carboxylic acids is 3. The largest absolute Gasteiger partial charge is 0.352 e. The van der Waals surface area contributed by atoms with E-state index in [4.69, 9.17) is 0 Å². The van der Waals surface area contributed by atoms with Crippen LogP contribution in [0.5, 0.6) is 0 Å². The van der Waals surface area contributed by atoms with Crippen LogP contribution < -0.4 is 10.6 Å². The summed E-state index contributed by atoms with van der Waals surface area (Å²) in [6.07, 6.45) is 5.71. The molecule has 0 aromatic rings. The minimum atomic E-state index is -0.492. The summed E-state index contributed by atoms with van der Waals surface area (Å²) in [6.45, 7) is 5.89. The Kier molecular flexibility index (Phi) is 4.83. The Morgan fingerprint density at radius 3 is 2.58 bits per heavy atom. The quantitative estimate of drug-likeness (QED) is 0.728. The molecule has 3 fully saturated rings. The summed E-state index contributed by atoms with van der Waals surface area (Å²) < 4.78 is 0. The highest BCUT2D eigenvalue weighted by molar-refractivity contribution is 6.06. The highest BCUT2D eigenvalue weighted by Crippen LogP contribution is 2.49. The van der Waals surface area contributed by atoms with Gasteiger partial charge in [-0.15, -0.1) is 0 Å². The molecule has 3 aliphatic rings. The molecule has 1 aliphatic heterocycles. The number of amides is 4. The van der Waals surface area contributed by atoms with Crippen LogP contribution in [0.1, 0.15) is 52.9 Å². The van der Waals surface area contributed by atoms with Crippen LogP contribution in [0.15, 0.2) is 0 Å². The molecule has 1 saturated heterocycles. The van der Waals surface area contributed by atoms with Gasteiger partial charge in [-0.1, -0.05) is 20.3 Å². The molecule has 0 aromatic heterocycles. The van der Waals surface area contributed by atoms with Gasteiger partial charge in [-0.3, -0.25) is 14.5 Å². The van der Waals surface area contributed by atoms with Gasteiger partial charge in [0.25, 0.3) is 5.91 Å². The SMILES string of the molecule is CC(C)CC1NC(=O)N(CC(=O)NC(C)C2CC3CCC2C3)C1=O. The maximum atomic E-state index is 12.3. The van der Waals surface area contributed by atoms with Crippen LogP contribution in [-0.2, 0) is 9.59 Å². The summed E-state index contributed by atoms with van der Waals surface area (Å²) in [5, 5.41) is 5.70. The molecular formula is C18H29N3O3. The molecule has 1 heterocycles. The molecule has 0 spiro atoms. The Morgan fingerprint density at radius 2 is 2.00 bits per heavy atom. The van der Waals surface area contributed by atoms with Crippen molar-refractivity contribution in [3.8, 4) is 0 Å². The van der Waals surface area contributed by atoms with Crippen molar-refractivity contribution in [1.29, 1.82) is 0 Å². The van der Waals surface area contributed by atoms with Gasteiger partial charge in [-0.05, 0) is 56.3 Å². The topological polar surface area (TPSA) is 78.5 Å². The monoisotopic (exact) mass is 335 g/mol. The molecule has 5 atom stereocenters. The van der Waals surface area contributed by atoms with Gasteiger partial charge in [0.1, 0.15) is 12.6 Å². The number of imide groups is 1. The second-order valence-corrected chi connectivity index (χ2v) is 8.25. The van der Waals surface area contributed by atoms with Gasteiger partial charge >= 0.3 is 6.03 Å². The Balaban J connectivity index is 1.51. The number of nitrogens with one attached hydrogen (secondary N) is 2. The van der Waals surface area contributed by atoms with Crippen molar-refractivity contribution in [2.75, 3.05) is 6.54 Å². The summed E-state index contributed by atoms with van der Waals surface area (Å²) in [7, 11) is 0. The van der Waals surface area contributed by atoms with Gasteiger partial charge in [-0.25, -0.2) is 4.79 Å². The van der Waals surface area contributed by atoms with Crippen molar-refractivity contribution in [3.05, 3.63) is 0 Å². The maximum absolute atomic E-state index is 12.3. The van der Waals surface area contributed by atoms with Crippen LogP contribution in [-0.4, -0.2) is 41.4 Å². The molecule has 0 aromatic carbocycles. The number of hydrogen-bond acceptors (Lipinski definition) is 3. The van der Waals surface area contributed by atoms with Crippen molar-refractivity contribution in [2.45, 2.75) is 65.0 Å². The number of nitrogens with zero attached hydrogens (tertiary/aromatic N) is 1. The first-order valence-corrected chi connectivity index (χ1v) is 9.26. The van der Waals surface area contributed by atoms with Gasteiger partial charge in [0.15, 0.2) is 0 Å². The second kappa shape index (κ2) is 6.73. The van der Waals surface area contributed by atoms with Crippen molar-refractivity contribution in [1.82, 2.24) is 15.5 Å². The Bertz CT molecular complexity index is 534. The van der Waals surface area contributed by atoms with Crippen LogP contribution in [0, 0.1) is 23.7 Å². The molecule has 3 rings (SSSR count). The fourth-order valence-corrected chi connectivity index (χ4v) is 4.81. The molecule has 2 bridgehead atoms. The van der Waals surface area contributed by atoms with Crippen molar-refractivity contribution in [2.24, 2.45) is 23.7 Å². The van der Waals surface area contributed by atoms with E-state index in [9.17, 15) is 14.4 Å². The van der Waals surface area contributed by atoms with Crippen molar-refractivity contribution < 1.29 is 14.4 Å². The minimum Gasteiger partial charge on any atom is -0.352 e. The number of carbonyl (C=O) groups is 3. The van der Waals surface area contributed by atoms with E-state index >= 15 is 0 Å². The summed E-state index contributed by atoms with van der Waals surface area (Å²) in [5.41, 5.74) is 0. The Hall–Kier alpha value is -1.59. The van der Waals surface area contributed by atoms with E-state index in [2.05, 4.69) is 17.6 Å². The molecule has 134 valence electrons. The number of urea groups is 1. The summed E-state index contributed by atoms with van der Waals surface area (Å²) in [6, 6.07) is -0.832. The minimum absolute atomic E-state index is 0.111. The van der Waals surface area contributed by atoms with E-state index in [0.717, 1.165) is 16.7 Å². The van der Waals surface area contributed by atoms with Crippen LogP contribution in [0.25, 0.3) is 0 Å². The lowest BCUT2D eigenvalue weighted by molar-refractivity contribution is -0.132. The third kappa shape index (κ3) is 3.42. The lowest BCUT2D eigenvalue weighted by Gasteiger charge is -2.29. The molecule has 4 amide bonds. The molecule has 2 N–H and O–H groups in total. The van der Waals surface area contributed by atoms with E-state index < -0.39 is 12.1 Å². The average molecular weight is 335 g/mol. The lowest BCUT2D eigenvalue weighted by Crippen LogP contribution is -2.46. The first-order chi connectivity index (χ1) is 11.3. The molecule has 0 radical (unpaired) electrons. The van der Waals surface area contributed by atoms with E-state index in [1.807, 2.05) is 13.8 Å². The Morgan fingerprint density at radius 1 is 1.25 bits per heavy atom. The highest BCUT2D eigenvalue weighted by atomic mass is 16.2. The second-order valence-electron chi connectivity index (χ2n) is 8.25. The smallest absolute Gasteiger partial charge is 0.325 e. The third-order valence-electron chi connectivity index (χ3n) is 5.94. The van der Waals surface area contributed by atoms with Crippen LogP contribution in [0.3, 0.4) is 0 Å². The zero-order valence-corrected chi connectivity index (χ0v) is 14.9. The predicted octanol–water partition coefficient (Wildman–Crippen LogP) is 1.89. The summed E-state index contributed by atoms with van der Waals surface area (Å²) in [5.74, 6) is 1.91. The fourth-order valence-electron chi connectivity index (χ4n) is 4.81. The van der Waals surface area contributed by atoms with E-state index in [0.29, 0.717) is 18.3 Å². The Labute approximate surface area is 143 Å².